The van der Waals surface area contributed by atoms with Crippen LogP contribution in [0.2, 0.25) is 0 Å². The minimum absolute atomic E-state index is 0.0875. The molecule has 1 fully saturated rings. The number of anilines is 1. The molecule has 2 rings (SSSR count). The van der Waals surface area contributed by atoms with Crippen LogP contribution < -0.4 is 10.1 Å². The number of nitrogens with zero attached hydrogens (tertiary/aromatic N) is 1. The van der Waals surface area contributed by atoms with E-state index in [1.165, 1.54) is 12.1 Å². The van der Waals surface area contributed by atoms with Crippen molar-refractivity contribution in [2.75, 3.05) is 25.1 Å². The fraction of sp³-hybridized carbons (Fsp3) is 0.611. The first-order valence-corrected chi connectivity index (χ1v) is 8.50. The van der Waals surface area contributed by atoms with Crippen molar-refractivity contribution >= 4 is 11.7 Å². The van der Waals surface area contributed by atoms with E-state index in [0.717, 1.165) is 12.8 Å². The number of amides is 2. The Balaban J connectivity index is 2.06. The lowest BCUT2D eigenvalue weighted by Crippen LogP contribution is -2.49. The van der Waals surface area contributed by atoms with Gasteiger partial charge in [-0.05, 0) is 52.7 Å². The highest BCUT2D eigenvalue weighted by molar-refractivity contribution is 5.89. The SMILES string of the molecule is CCOc1ccc(NC(=O)N(CC)C2CCOC(C)(C)C2)c(F)c1. The van der Waals surface area contributed by atoms with E-state index in [0.29, 0.717) is 25.5 Å². The molecule has 1 aliphatic rings. The summed E-state index contributed by atoms with van der Waals surface area (Å²) < 4.78 is 25.1. The van der Waals surface area contributed by atoms with Crippen LogP contribution in [-0.4, -0.2) is 42.3 Å². The summed E-state index contributed by atoms with van der Waals surface area (Å²) in [7, 11) is 0. The van der Waals surface area contributed by atoms with Gasteiger partial charge in [0.25, 0.3) is 0 Å². The zero-order valence-corrected chi connectivity index (χ0v) is 14.9. The van der Waals surface area contributed by atoms with E-state index in [4.69, 9.17) is 9.47 Å². The maximum absolute atomic E-state index is 14.1. The number of nitrogens with one attached hydrogen (secondary N) is 1. The Kier molecular flexibility index (Phi) is 6.04. The van der Waals surface area contributed by atoms with Gasteiger partial charge in [-0.15, -0.1) is 0 Å². The zero-order valence-electron chi connectivity index (χ0n) is 14.9. The van der Waals surface area contributed by atoms with Gasteiger partial charge in [0.15, 0.2) is 0 Å². The molecule has 1 heterocycles. The van der Waals surface area contributed by atoms with Gasteiger partial charge in [0.1, 0.15) is 11.6 Å². The van der Waals surface area contributed by atoms with Crippen molar-refractivity contribution in [3.05, 3.63) is 24.0 Å². The van der Waals surface area contributed by atoms with E-state index in [1.807, 2.05) is 27.7 Å². The summed E-state index contributed by atoms with van der Waals surface area (Å²) in [6.45, 7) is 9.46. The average Bonchev–Trinajstić information content (AvgIpc) is 2.50. The van der Waals surface area contributed by atoms with E-state index in [-0.39, 0.29) is 23.4 Å². The van der Waals surface area contributed by atoms with Crippen LogP contribution in [0.4, 0.5) is 14.9 Å². The lowest BCUT2D eigenvalue weighted by molar-refractivity contribution is -0.0758. The van der Waals surface area contributed by atoms with Gasteiger partial charge in [-0.2, -0.15) is 0 Å². The lowest BCUT2D eigenvalue weighted by atomic mass is 9.93. The van der Waals surface area contributed by atoms with E-state index < -0.39 is 5.82 Å². The molecule has 0 bridgehead atoms. The minimum Gasteiger partial charge on any atom is -0.494 e. The standard InChI is InChI=1S/C18H27FN2O3/c1-5-21(13-9-10-24-18(3,4)12-13)17(22)20-16-8-7-14(23-6-2)11-15(16)19/h7-8,11,13H,5-6,9-10,12H2,1-4H3,(H,20,22). The number of halogens is 1. The van der Waals surface area contributed by atoms with Gasteiger partial charge in [0, 0.05) is 25.3 Å². The lowest BCUT2D eigenvalue weighted by Gasteiger charge is -2.40. The molecule has 1 aliphatic heterocycles. The van der Waals surface area contributed by atoms with E-state index >= 15 is 0 Å². The predicted octanol–water partition coefficient (Wildman–Crippen LogP) is 4.04. The Morgan fingerprint density at radius 2 is 2.21 bits per heavy atom. The second-order valence-electron chi connectivity index (χ2n) is 6.55. The van der Waals surface area contributed by atoms with Gasteiger partial charge in [-0.25, -0.2) is 9.18 Å². The normalized spacial score (nSPS) is 19.6. The highest BCUT2D eigenvalue weighted by atomic mass is 19.1. The predicted molar refractivity (Wildman–Crippen MR) is 92.0 cm³/mol. The zero-order chi connectivity index (χ0) is 17.7. The van der Waals surface area contributed by atoms with Gasteiger partial charge in [-0.1, -0.05) is 0 Å². The number of carbonyl (C=O) groups is 1. The number of hydrogen-bond acceptors (Lipinski definition) is 3. The quantitative estimate of drug-likeness (QED) is 0.882. The van der Waals surface area contributed by atoms with E-state index in [9.17, 15) is 9.18 Å². The average molecular weight is 338 g/mol. The number of rotatable bonds is 5. The van der Waals surface area contributed by atoms with Crippen LogP contribution >= 0.6 is 0 Å². The van der Waals surface area contributed by atoms with Gasteiger partial charge >= 0.3 is 6.03 Å². The van der Waals surface area contributed by atoms with Crippen LogP contribution in [-0.2, 0) is 4.74 Å². The van der Waals surface area contributed by atoms with Crippen LogP contribution in [0.25, 0.3) is 0 Å². The van der Waals surface area contributed by atoms with Crippen molar-refractivity contribution in [1.82, 2.24) is 4.90 Å². The third kappa shape index (κ3) is 4.60. The summed E-state index contributed by atoms with van der Waals surface area (Å²) in [5.41, 5.74) is -0.0886. The Morgan fingerprint density at radius 3 is 2.79 bits per heavy atom. The molecule has 1 N–H and O–H groups in total. The number of carbonyl (C=O) groups excluding carboxylic acids is 1. The maximum Gasteiger partial charge on any atom is 0.322 e. The van der Waals surface area contributed by atoms with Crippen molar-refractivity contribution in [1.29, 1.82) is 0 Å². The second kappa shape index (κ2) is 7.83. The Morgan fingerprint density at radius 1 is 1.46 bits per heavy atom. The van der Waals surface area contributed by atoms with Crippen LogP contribution in [0, 0.1) is 5.82 Å². The molecule has 0 aliphatic carbocycles. The molecular weight excluding hydrogens is 311 g/mol. The summed E-state index contributed by atoms with van der Waals surface area (Å²) in [6.07, 6.45) is 1.55. The first kappa shape index (κ1) is 18.5. The Bertz CT molecular complexity index is 577. The summed E-state index contributed by atoms with van der Waals surface area (Å²) in [5.74, 6) is -0.0517. The third-order valence-corrected chi connectivity index (χ3v) is 4.21. The fourth-order valence-electron chi connectivity index (χ4n) is 3.07. The number of urea groups is 1. The van der Waals surface area contributed by atoms with Crippen LogP contribution in [0.3, 0.4) is 0 Å². The van der Waals surface area contributed by atoms with Crippen molar-refractivity contribution < 1.29 is 18.7 Å². The van der Waals surface area contributed by atoms with Crippen molar-refractivity contribution in [2.45, 2.75) is 52.2 Å². The molecule has 1 atom stereocenters. The summed E-state index contributed by atoms with van der Waals surface area (Å²) >= 11 is 0. The summed E-state index contributed by atoms with van der Waals surface area (Å²) in [6, 6.07) is 4.26. The molecule has 134 valence electrons. The minimum atomic E-state index is -0.502. The summed E-state index contributed by atoms with van der Waals surface area (Å²) in [4.78, 5) is 14.3. The molecule has 0 radical (unpaired) electrons. The van der Waals surface area contributed by atoms with Crippen molar-refractivity contribution in [2.24, 2.45) is 0 Å². The molecule has 1 saturated heterocycles. The largest absolute Gasteiger partial charge is 0.494 e. The molecule has 5 nitrogen and oxygen atoms in total. The van der Waals surface area contributed by atoms with Gasteiger partial charge in [0.2, 0.25) is 0 Å². The molecule has 6 heteroatoms. The van der Waals surface area contributed by atoms with Gasteiger partial charge < -0.3 is 19.7 Å². The Hall–Kier alpha value is -1.82. The molecular formula is C18H27FN2O3. The first-order valence-electron chi connectivity index (χ1n) is 8.50. The highest BCUT2D eigenvalue weighted by Crippen LogP contribution is 2.28. The molecule has 1 aromatic carbocycles. The molecule has 0 saturated carbocycles. The molecule has 1 unspecified atom stereocenters. The topological polar surface area (TPSA) is 50.8 Å². The number of hydrogen-bond donors (Lipinski definition) is 1. The summed E-state index contributed by atoms with van der Waals surface area (Å²) in [5, 5.41) is 2.67. The van der Waals surface area contributed by atoms with Gasteiger partial charge in [-0.3, -0.25) is 0 Å². The first-order chi connectivity index (χ1) is 11.4. The van der Waals surface area contributed by atoms with E-state index in [2.05, 4.69) is 5.32 Å². The van der Waals surface area contributed by atoms with Crippen molar-refractivity contribution in [3.8, 4) is 5.75 Å². The molecule has 0 spiro atoms. The maximum atomic E-state index is 14.1. The molecule has 1 aromatic rings. The number of ether oxygens (including phenoxy) is 2. The van der Waals surface area contributed by atoms with Crippen LogP contribution in [0.5, 0.6) is 5.75 Å². The fourth-order valence-corrected chi connectivity index (χ4v) is 3.07. The molecule has 2 amide bonds. The molecule has 0 aromatic heterocycles. The number of benzene rings is 1. The highest BCUT2D eigenvalue weighted by Gasteiger charge is 2.33. The smallest absolute Gasteiger partial charge is 0.322 e. The van der Waals surface area contributed by atoms with Crippen molar-refractivity contribution in [3.63, 3.8) is 0 Å². The molecule has 24 heavy (non-hydrogen) atoms. The Labute approximate surface area is 143 Å². The second-order valence-corrected chi connectivity index (χ2v) is 6.55. The van der Waals surface area contributed by atoms with Crippen LogP contribution in [0.1, 0.15) is 40.5 Å². The van der Waals surface area contributed by atoms with E-state index in [1.54, 1.807) is 11.0 Å². The third-order valence-electron chi connectivity index (χ3n) is 4.21. The van der Waals surface area contributed by atoms with Crippen LogP contribution in [0.15, 0.2) is 18.2 Å². The van der Waals surface area contributed by atoms with Gasteiger partial charge in [0.05, 0.1) is 17.9 Å². The monoisotopic (exact) mass is 338 g/mol.